The molecule has 0 aliphatic rings. The summed E-state index contributed by atoms with van der Waals surface area (Å²) < 4.78 is 5.99. The molecule has 0 bridgehead atoms. The molecule has 3 aromatic rings. The molecule has 0 aliphatic carbocycles. The number of aldehydes is 1. The third-order valence-corrected chi connectivity index (χ3v) is 6.31. The molecule has 0 aliphatic heterocycles. The minimum atomic E-state index is -0.973. The summed E-state index contributed by atoms with van der Waals surface area (Å²) >= 11 is 0. The zero-order valence-electron chi connectivity index (χ0n) is 19.2. The van der Waals surface area contributed by atoms with Crippen LogP contribution in [0.15, 0.2) is 60.7 Å². The van der Waals surface area contributed by atoms with Gasteiger partial charge in [-0.2, -0.15) is 0 Å². The topological polar surface area (TPSA) is 46.5 Å². The molecule has 3 rings (SSSR count). The van der Waals surface area contributed by atoms with Crippen molar-refractivity contribution in [1.29, 1.82) is 0 Å². The van der Waals surface area contributed by atoms with Crippen molar-refractivity contribution in [3.63, 3.8) is 0 Å². The van der Waals surface area contributed by atoms with Crippen molar-refractivity contribution < 1.29 is 14.6 Å². The number of rotatable bonds is 7. The minimum Gasteiger partial charge on any atom is -0.427 e. The second kappa shape index (κ2) is 8.82. The smallest absolute Gasteiger partial charge is 0.331 e. The van der Waals surface area contributed by atoms with E-state index in [9.17, 15) is 9.90 Å². The predicted molar refractivity (Wildman–Crippen MR) is 129 cm³/mol. The summed E-state index contributed by atoms with van der Waals surface area (Å²) in [6, 6.07) is 20.1. The van der Waals surface area contributed by atoms with Crippen LogP contribution >= 0.6 is 0 Å². The average Bonchev–Trinajstić information content (AvgIpc) is 2.73. The van der Waals surface area contributed by atoms with Crippen LogP contribution in [0.2, 0.25) is 0 Å². The molecule has 0 saturated carbocycles. The van der Waals surface area contributed by atoms with Crippen molar-refractivity contribution in [2.75, 3.05) is 0 Å². The Morgan fingerprint density at radius 2 is 1.35 bits per heavy atom. The van der Waals surface area contributed by atoms with Gasteiger partial charge in [0.15, 0.2) is 0 Å². The molecule has 31 heavy (non-hydrogen) atoms. The summed E-state index contributed by atoms with van der Waals surface area (Å²) in [6.45, 7) is 11.5. The van der Waals surface area contributed by atoms with Gasteiger partial charge >= 0.3 is 7.48 Å². The van der Waals surface area contributed by atoms with Gasteiger partial charge in [0.2, 0.25) is 0 Å². The molecule has 0 unspecified atom stereocenters. The second-order valence-corrected chi connectivity index (χ2v) is 9.04. The molecule has 0 amide bonds. The molecule has 0 spiro atoms. The standard InChI is InChI=1S/C27H30BO3/c1-18-22(21-15-13-20(17-29)14-16-21)9-7-10-23(18)24-11-8-12-25(19(24)2)28-31-27(5,6)26(3,4)30/h7-17,30H,1-6H3. The molecule has 1 radical (unpaired) electrons. The summed E-state index contributed by atoms with van der Waals surface area (Å²) in [5.74, 6) is 0. The van der Waals surface area contributed by atoms with Gasteiger partial charge in [0.1, 0.15) is 6.29 Å². The first kappa shape index (κ1) is 23.0. The third-order valence-electron chi connectivity index (χ3n) is 6.31. The molecule has 0 heterocycles. The van der Waals surface area contributed by atoms with Gasteiger partial charge < -0.3 is 9.76 Å². The fourth-order valence-corrected chi connectivity index (χ4v) is 3.41. The van der Waals surface area contributed by atoms with Gasteiger partial charge in [-0.1, -0.05) is 60.7 Å². The van der Waals surface area contributed by atoms with Crippen molar-refractivity contribution in [1.82, 2.24) is 0 Å². The molecule has 159 valence electrons. The fraction of sp³-hybridized carbons (Fsp3) is 0.296. The first-order valence-corrected chi connectivity index (χ1v) is 10.5. The van der Waals surface area contributed by atoms with E-state index in [-0.39, 0.29) is 0 Å². The largest absolute Gasteiger partial charge is 0.427 e. The lowest BCUT2D eigenvalue weighted by Gasteiger charge is -2.37. The zero-order chi connectivity index (χ0) is 22.8. The lowest BCUT2D eigenvalue weighted by Crippen LogP contribution is -2.49. The van der Waals surface area contributed by atoms with Crippen molar-refractivity contribution in [2.45, 2.75) is 52.7 Å². The average molecular weight is 413 g/mol. The summed E-state index contributed by atoms with van der Waals surface area (Å²) in [4.78, 5) is 11.0. The highest BCUT2D eigenvalue weighted by Crippen LogP contribution is 2.33. The van der Waals surface area contributed by atoms with Gasteiger partial charge in [-0.25, -0.2) is 0 Å². The fourth-order valence-electron chi connectivity index (χ4n) is 3.41. The van der Waals surface area contributed by atoms with Crippen LogP contribution in [0.1, 0.15) is 49.2 Å². The minimum absolute atomic E-state index is 0.672. The number of hydrogen-bond acceptors (Lipinski definition) is 3. The SMILES string of the molecule is Cc1c([B]OC(C)(C)C(C)(C)O)cccc1-c1cccc(-c2ccc(C=O)cc2)c1C. The Labute approximate surface area is 186 Å². The van der Waals surface area contributed by atoms with E-state index < -0.39 is 11.2 Å². The normalized spacial score (nSPS) is 12.0. The first-order chi connectivity index (χ1) is 14.5. The lowest BCUT2D eigenvalue weighted by molar-refractivity contribution is -0.0893. The van der Waals surface area contributed by atoms with Gasteiger partial charge in [-0.15, -0.1) is 0 Å². The number of aliphatic hydroxyl groups is 1. The monoisotopic (exact) mass is 413 g/mol. The van der Waals surface area contributed by atoms with E-state index in [0.29, 0.717) is 5.56 Å². The van der Waals surface area contributed by atoms with Gasteiger partial charge in [0.05, 0.1) is 11.2 Å². The highest BCUT2D eigenvalue weighted by Gasteiger charge is 2.35. The van der Waals surface area contributed by atoms with E-state index in [1.807, 2.05) is 50.2 Å². The van der Waals surface area contributed by atoms with Crippen molar-refractivity contribution >= 4 is 19.2 Å². The molecule has 4 heteroatoms. The Hall–Kier alpha value is -2.69. The van der Waals surface area contributed by atoms with Gasteiger partial charge in [-0.05, 0) is 80.4 Å². The van der Waals surface area contributed by atoms with Crippen molar-refractivity contribution in [3.8, 4) is 22.3 Å². The molecule has 0 saturated heterocycles. The van der Waals surface area contributed by atoms with Crippen LogP contribution in [0.3, 0.4) is 0 Å². The third kappa shape index (κ3) is 4.81. The van der Waals surface area contributed by atoms with Crippen LogP contribution in [0.4, 0.5) is 0 Å². The van der Waals surface area contributed by atoms with E-state index in [2.05, 4.69) is 38.1 Å². The van der Waals surface area contributed by atoms with Crippen LogP contribution < -0.4 is 5.46 Å². The molecule has 3 aromatic carbocycles. The number of hydrogen-bond donors (Lipinski definition) is 1. The molecular weight excluding hydrogens is 383 g/mol. The van der Waals surface area contributed by atoms with E-state index in [0.717, 1.165) is 39.6 Å². The maximum Gasteiger partial charge on any atom is 0.331 e. The molecule has 3 nitrogen and oxygen atoms in total. The van der Waals surface area contributed by atoms with E-state index in [1.165, 1.54) is 5.56 Å². The van der Waals surface area contributed by atoms with Gasteiger partial charge in [0.25, 0.3) is 0 Å². The lowest BCUT2D eigenvalue weighted by atomic mass is 9.78. The Morgan fingerprint density at radius 3 is 1.94 bits per heavy atom. The van der Waals surface area contributed by atoms with Crippen molar-refractivity contribution in [2.24, 2.45) is 0 Å². The van der Waals surface area contributed by atoms with Gasteiger partial charge in [-0.3, -0.25) is 4.79 Å². The van der Waals surface area contributed by atoms with Crippen LogP contribution in [-0.2, 0) is 4.65 Å². The van der Waals surface area contributed by atoms with Crippen LogP contribution in [-0.4, -0.2) is 30.1 Å². The van der Waals surface area contributed by atoms with Crippen molar-refractivity contribution in [3.05, 3.63) is 77.4 Å². The Morgan fingerprint density at radius 1 is 0.806 bits per heavy atom. The summed E-state index contributed by atoms with van der Waals surface area (Å²) in [7, 11) is 1.74. The predicted octanol–water partition coefficient (Wildman–Crippen LogP) is 5.26. The van der Waals surface area contributed by atoms with Crippen LogP contribution in [0.5, 0.6) is 0 Å². The zero-order valence-corrected chi connectivity index (χ0v) is 19.2. The molecule has 0 atom stereocenters. The Balaban J connectivity index is 1.96. The maximum atomic E-state index is 11.0. The maximum absolute atomic E-state index is 11.0. The summed E-state index contributed by atoms with van der Waals surface area (Å²) in [5, 5.41) is 10.4. The van der Waals surface area contributed by atoms with E-state index in [1.54, 1.807) is 21.3 Å². The highest BCUT2D eigenvalue weighted by atomic mass is 16.5. The Kier molecular flexibility index (Phi) is 6.54. The van der Waals surface area contributed by atoms with E-state index >= 15 is 0 Å². The molecule has 1 N–H and O–H groups in total. The highest BCUT2D eigenvalue weighted by molar-refractivity contribution is 6.48. The number of benzene rings is 3. The molecule has 0 aromatic heterocycles. The summed E-state index contributed by atoms with van der Waals surface area (Å²) in [6.07, 6.45) is 0.861. The summed E-state index contributed by atoms with van der Waals surface area (Å²) in [5.41, 5.74) is 6.78. The van der Waals surface area contributed by atoms with Crippen LogP contribution in [0.25, 0.3) is 22.3 Å². The van der Waals surface area contributed by atoms with E-state index in [4.69, 9.17) is 4.65 Å². The number of carbonyl (C=O) groups is 1. The second-order valence-electron chi connectivity index (χ2n) is 9.04. The quantitative estimate of drug-likeness (QED) is 0.425. The first-order valence-electron chi connectivity index (χ1n) is 10.5. The molecule has 0 fully saturated rings. The molecular formula is C27H30BO3. The van der Waals surface area contributed by atoms with Gasteiger partial charge in [0, 0.05) is 5.56 Å². The van der Waals surface area contributed by atoms with Crippen LogP contribution in [0, 0.1) is 13.8 Å². The number of carbonyl (C=O) groups excluding carboxylic acids is 1. The Bertz CT molecular complexity index is 1080.